The predicted molar refractivity (Wildman–Crippen MR) is 127 cm³/mol. The van der Waals surface area contributed by atoms with Crippen molar-refractivity contribution < 1.29 is 27.8 Å². The Kier molecular flexibility index (Phi) is 7.09. The van der Waals surface area contributed by atoms with Gasteiger partial charge in [-0.1, -0.05) is 32.0 Å². The number of nitrogens with one attached hydrogen (secondary N) is 1. The van der Waals surface area contributed by atoms with Crippen molar-refractivity contribution in [3.8, 4) is 11.8 Å². The van der Waals surface area contributed by atoms with E-state index in [1.807, 2.05) is 29.2 Å². The molecule has 1 N–H and O–H groups in total. The summed E-state index contributed by atoms with van der Waals surface area (Å²) in [5.41, 5.74) is 1.76. The lowest BCUT2D eigenvalue weighted by Crippen LogP contribution is -2.51. The Balaban J connectivity index is 1.69. The van der Waals surface area contributed by atoms with Crippen LogP contribution in [0, 0.1) is 5.92 Å². The van der Waals surface area contributed by atoms with E-state index in [4.69, 9.17) is 4.74 Å². The van der Waals surface area contributed by atoms with Gasteiger partial charge in [0, 0.05) is 37.3 Å². The van der Waals surface area contributed by atoms with Crippen molar-refractivity contribution in [3.05, 3.63) is 42.0 Å². The van der Waals surface area contributed by atoms with Crippen molar-refractivity contribution in [2.24, 2.45) is 5.92 Å². The van der Waals surface area contributed by atoms with Crippen LogP contribution in [0.15, 0.2) is 36.4 Å². The SMILES string of the molecule is COc1ccc(NC(=O)N(c2ccccc2C(C)C)[C@@H]2C[C@H]3C[C@@H]2CN3C(C)=O)c(OC(F)F)n1. The number of aromatic nitrogens is 1. The number of methoxy groups -OCH3 is 1. The molecule has 4 rings (SSSR count). The number of alkyl halides is 2. The van der Waals surface area contributed by atoms with E-state index in [0.717, 1.165) is 17.7 Å². The topological polar surface area (TPSA) is 84.0 Å². The third-order valence-corrected chi connectivity index (χ3v) is 6.76. The van der Waals surface area contributed by atoms with Crippen LogP contribution in [0.25, 0.3) is 0 Å². The van der Waals surface area contributed by atoms with E-state index in [-0.39, 0.29) is 41.4 Å². The first-order chi connectivity index (χ1) is 16.7. The molecular formula is C25H30F2N4O4. The van der Waals surface area contributed by atoms with Crippen LogP contribution >= 0.6 is 0 Å². The Morgan fingerprint density at radius 1 is 1.17 bits per heavy atom. The van der Waals surface area contributed by atoms with Crippen LogP contribution in [0.2, 0.25) is 0 Å². The van der Waals surface area contributed by atoms with E-state index >= 15 is 0 Å². The lowest BCUT2D eigenvalue weighted by atomic mass is 9.96. The summed E-state index contributed by atoms with van der Waals surface area (Å²) in [7, 11) is 1.36. The third kappa shape index (κ3) is 5.01. The van der Waals surface area contributed by atoms with Gasteiger partial charge >= 0.3 is 12.6 Å². The molecule has 1 saturated heterocycles. The van der Waals surface area contributed by atoms with Gasteiger partial charge in [0.25, 0.3) is 0 Å². The fraction of sp³-hybridized carbons (Fsp3) is 0.480. The van der Waals surface area contributed by atoms with Crippen LogP contribution in [0.1, 0.15) is 45.1 Å². The molecule has 2 heterocycles. The second-order valence-electron chi connectivity index (χ2n) is 9.22. The number of carbonyl (C=O) groups is 2. The zero-order valence-corrected chi connectivity index (χ0v) is 20.2. The van der Waals surface area contributed by atoms with Gasteiger partial charge in [-0.3, -0.25) is 9.69 Å². The van der Waals surface area contributed by atoms with E-state index < -0.39 is 18.5 Å². The standard InChI is InChI=1S/C25H30F2N4O4/c1-14(2)18-7-5-6-8-20(18)31(21-12-17-11-16(21)13-30(17)15(3)32)25(33)28-19-9-10-22(34-4)29-23(19)35-24(26)27/h5-10,14,16-17,21,24H,11-13H2,1-4H3,(H,28,33)/t16-,17-,21-/m1/s1. The quantitative estimate of drug-likeness (QED) is 0.602. The molecule has 1 aromatic heterocycles. The Bertz CT molecular complexity index is 1100. The van der Waals surface area contributed by atoms with Crippen LogP contribution in [-0.4, -0.2) is 54.2 Å². The van der Waals surface area contributed by atoms with E-state index in [9.17, 15) is 18.4 Å². The largest absolute Gasteiger partial charge is 0.481 e. The lowest BCUT2D eigenvalue weighted by Gasteiger charge is -2.39. The normalized spacial score (nSPS) is 20.9. The molecule has 0 unspecified atom stereocenters. The van der Waals surface area contributed by atoms with E-state index in [0.29, 0.717) is 13.0 Å². The van der Waals surface area contributed by atoms with E-state index in [1.54, 1.807) is 11.8 Å². The summed E-state index contributed by atoms with van der Waals surface area (Å²) in [4.78, 5) is 33.3. The summed E-state index contributed by atoms with van der Waals surface area (Å²) in [6.45, 7) is 3.13. The number of amides is 3. The molecule has 1 aromatic carbocycles. The minimum absolute atomic E-state index is 0.0108. The summed E-state index contributed by atoms with van der Waals surface area (Å²) in [6.07, 6.45) is 1.47. The molecule has 8 nitrogen and oxygen atoms in total. The summed E-state index contributed by atoms with van der Waals surface area (Å²) in [6, 6.07) is 10.0. The number of likely N-dealkylation sites (tertiary alicyclic amines) is 1. The van der Waals surface area contributed by atoms with Crippen molar-refractivity contribution in [1.82, 2.24) is 9.88 Å². The van der Waals surface area contributed by atoms with Gasteiger partial charge in [0.2, 0.25) is 17.7 Å². The highest BCUT2D eigenvalue weighted by Gasteiger charge is 2.49. The van der Waals surface area contributed by atoms with Gasteiger partial charge in [-0.05, 0) is 42.4 Å². The number of urea groups is 1. The number of hydrogen-bond donors (Lipinski definition) is 1. The number of pyridine rings is 1. The first-order valence-corrected chi connectivity index (χ1v) is 11.7. The minimum atomic E-state index is -3.12. The predicted octanol–water partition coefficient (Wildman–Crippen LogP) is 4.86. The van der Waals surface area contributed by atoms with E-state index in [2.05, 4.69) is 28.9 Å². The average Bonchev–Trinajstić information content (AvgIpc) is 3.41. The zero-order valence-electron chi connectivity index (χ0n) is 20.2. The molecule has 0 spiro atoms. The molecule has 188 valence electrons. The Labute approximate surface area is 203 Å². The number of fused-ring (bicyclic) bond motifs is 2. The second-order valence-corrected chi connectivity index (χ2v) is 9.22. The molecule has 1 aliphatic carbocycles. The number of para-hydroxylation sites is 1. The van der Waals surface area contributed by atoms with Gasteiger partial charge < -0.3 is 19.7 Å². The number of piperidine rings is 1. The molecule has 0 radical (unpaired) electrons. The summed E-state index contributed by atoms with van der Waals surface area (Å²) >= 11 is 0. The number of ether oxygens (including phenoxy) is 2. The maximum absolute atomic E-state index is 13.8. The molecular weight excluding hydrogens is 458 g/mol. The monoisotopic (exact) mass is 488 g/mol. The number of nitrogens with zero attached hydrogens (tertiary/aromatic N) is 3. The molecule has 1 aliphatic heterocycles. The molecule has 3 atom stereocenters. The van der Waals surface area contributed by atoms with Crippen LogP contribution in [0.4, 0.5) is 25.0 Å². The van der Waals surface area contributed by atoms with Crippen molar-refractivity contribution >= 4 is 23.3 Å². The molecule has 2 aliphatic rings. The number of anilines is 2. The van der Waals surface area contributed by atoms with Crippen molar-refractivity contribution in [3.63, 3.8) is 0 Å². The number of hydrogen-bond acceptors (Lipinski definition) is 5. The summed E-state index contributed by atoms with van der Waals surface area (Å²) < 4.78 is 35.6. The Morgan fingerprint density at radius 2 is 1.91 bits per heavy atom. The van der Waals surface area contributed by atoms with Gasteiger partial charge in [0.05, 0.1) is 7.11 Å². The van der Waals surface area contributed by atoms with Crippen molar-refractivity contribution in [2.45, 2.75) is 58.2 Å². The van der Waals surface area contributed by atoms with Gasteiger partial charge in [-0.2, -0.15) is 13.8 Å². The first kappa shape index (κ1) is 24.7. The fourth-order valence-electron chi connectivity index (χ4n) is 5.24. The molecule has 35 heavy (non-hydrogen) atoms. The second kappa shape index (κ2) is 10.1. The molecule has 1 saturated carbocycles. The molecule has 2 bridgehead atoms. The number of rotatable bonds is 7. The average molecular weight is 489 g/mol. The highest BCUT2D eigenvalue weighted by molar-refractivity contribution is 6.03. The molecule has 2 aromatic rings. The highest BCUT2D eigenvalue weighted by atomic mass is 19.3. The lowest BCUT2D eigenvalue weighted by molar-refractivity contribution is -0.130. The van der Waals surface area contributed by atoms with Gasteiger partial charge in [-0.25, -0.2) is 4.79 Å². The van der Waals surface area contributed by atoms with Gasteiger partial charge in [0.1, 0.15) is 5.69 Å². The maximum Gasteiger partial charge on any atom is 0.388 e. The van der Waals surface area contributed by atoms with E-state index in [1.165, 1.54) is 19.2 Å². The van der Waals surface area contributed by atoms with Gasteiger partial charge in [0.15, 0.2) is 0 Å². The number of halogens is 2. The number of carbonyl (C=O) groups excluding carboxylic acids is 2. The molecule has 3 amide bonds. The zero-order chi connectivity index (χ0) is 25.3. The third-order valence-electron chi connectivity index (χ3n) is 6.76. The highest BCUT2D eigenvalue weighted by Crippen LogP contribution is 2.43. The fourth-order valence-corrected chi connectivity index (χ4v) is 5.24. The summed E-state index contributed by atoms with van der Waals surface area (Å²) in [5, 5.41) is 2.73. The van der Waals surface area contributed by atoms with Crippen LogP contribution in [0.5, 0.6) is 11.8 Å². The summed E-state index contributed by atoms with van der Waals surface area (Å²) in [5.74, 6) is -0.0546. The smallest absolute Gasteiger partial charge is 0.388 e. The van der Waals surface area contributed by atoms with Crippen molar-refractivity contribution in [2.75, 3.05) is 23.9 Å². The number of benzene rings is 1. The van der Waals surface area contributed by atoms with Crippen molar-refractivity contribution in [1.29, 1.82) is 0 Å². The van der Waals surface area contributed by atoms with Gasteiger partial charge in [-0.15, -0.1) is 0 Å². The molecule has 2 fully saturated rings. The Morgan fingerprint density at radius 3 is 2.51 bits per heavy atom. The van der Waals surface area contributed by atoms with Crippen LogP contribution < -0.4 is 19.7 Å². The molecule has 10 heteroatoms. The first-order valence-electron chi connectivity index (χ1n) is 11.7. The maximum atomic E-state index is 13.8. The minimum Gasteiger partial charge on any atom is -0.481 e. The Hall–Kier alpha value is -3.43. The van der Waals surface area contributed by atoms with Crippen LogP contribution in [-0.2, 0) is 4.79 Å². The van der Waals surface area contributed by atoms with Crippen LogP contribution in [0.3, 0.4) is 0 Å².